The lowest BCUT2D eigenvalue weighted by Gasteiger charge is -2.12. The van der Waals surface area contributed by atoms with Crippen LogP contribution in [0.4, 0.5) is 4.39 Å². The van der Waals surface area contributed by atoms with Crippen LogP contribution in [-0.4, -0.2) is 20.3 Å². The quantitative estimate of drug-likeness (QED) is 0.327. The van der Waals surface area contributed by atoms with E-state index in [1.165, 1.54) is 12.1 Å². The molecule has 5 rings (SSSR count). The van der Waals surface area contributed by atoms with Crippen LogP contribution in [0.3, 0.4) is 0 Å². The molecule has 0 unspecified atom stereocenters. The minimum absolute atomic E-state index is 0.00284. The van der Waals surface area contributed by atoms with Crippen molar-refractivity contribution in [2.45, 2.75) is 27.3 Å². The predicted octanol–water partition coefficient (Wildman–Crippen LogP) is 5.51. The highest BCUT2D eigenvalue weighted by atomic mass is 19.1. The number of carbonyl (C=O) groups excluding carboxylic acids is 1. The van der Waals surface area contributed by atoms with Gasteiger partial charge < -0.3 is 10.1 Å². The summed E-state index contributed by atoms with van der Waals surface area (Å²) in [6, 6.07) is 18.9. The summed E-state index contributed by atoms with van der Waals surface area (Å²) in [4.78, 5) is 30.3. The second kappa shape index (κ2) is 9.97. The first-order valence-electron chi connectivity index (χ1n) is 12.2. The third-order valence-corrected chi connectivity index (χ3v) is 6.83. The monoisotopic (exact) mass is 510 g/mol. The van der Waals surface area contributed by atoms with Crippen molar-refractivity contribution in [1.29, 1.82) is 0 Å². The Bertz CT molecular complexity index is 1740. The lowest BCUT2D eigenvalue weighted by atomic mass is 10.1. The van der Waals surface area contributed by atoms with Crippen LogP contribution in [0.2, 0.25) is 0 Å². The highest BCUT2D eigenvalue weighted by Crippen LogP contribution is 2.32. The number of hydrogen-bond donors (Lipinski definition) is 1. The smallest absolute Gasteiger partial charge is 0.276 e. The van der Waals surface area contributed by atoms with E-state index in [-0.39, 0.29) is 23.4 Å². The van der Waals surface area contributed by atoms with Crippen LogP contribution >= 0.6 is 0 Å². The van der Waals surface area contributed by atoms with Crippen LogP contribution in [-0.2, 0) is 13.6 Å². The maximum atomic E-state index is 15.0. The van der Waals surface area contributed by atoms with Crippen LogP contribution in [0.15, 0.2) is 77.7 Å². The molecule has 0 aliphatic carbocycles. The average molecular weight is 511 g/mol. The maximum Gasteiger partial charge on any atom is 0.276 e. The van der Waals surface area contributed by atoms with Crippen molar-refractivity contribution in [2.75, 3.05) is 0 Å². The van der Waals surface area contributed by atoms with Crippen LogP contribution in [0, 0.1) is 26.6 Å². The zero-order chi connectivity index (χ0) is 27.0. The molecule has 0 saturated heterocycles. The van der Waals surface area contributed by atoms with Gasteiger partial charge in [-0.05, 0) is 80.4 Å². The van der Waals surface area contributed by atoms with E-state index in [2.05, 4.69) is 10.3 Å². The van der Waals surface area contributed by atoms with Gasteiger partial charge in [-0.2, -0.15) is 0 Å². The number of halogens is 1. The number of rotatable bonds is 6. The molecule has 8 heteroatoms. The zero-order valence-electron chi connectivity index (χ0n) is 21.6. The molecular weight excluding hydrogens is 483 g/mol. The number of amides is 1. The van der Waals surface area contributed by atoms with E-state index in [9.17, 15) is 14.0 Å². The lowest BCUT2D eigenvalue weighted by molar-refractivity contribution is 0.0950. The Balaban J connectivity index is 1.34. The van der Waals surface area contributed by atoms with E-state index in [4.69, 9.17) is 4.74 Å². The molecule has 0 spiro atoms. The molecule has 192 valence electrons. The number of nitrogens with zero attached hydrogens (tertiary/aromatic N) is 3. The van der Waals surface area contributed by atoms with Crippen molar-refractivity contribution in [3.05, 3.63) is 117 Å². The number of para-hydroxylation sites is 1. The summed E-state index contributed by atoms with van der Waals surface area (Å²) in [6.45, 7) is 5.83. The fraction of sp³-hybridized carbons (Fsp3) is 0.167. The number of benzene rings is 3. The van der Waals surface area contributed by atoms with Crippen LogP contribution < -0.4 is 15.6 Å². The summed E-state index contributed by atoms with van der Waals surface area (Å²) in [5.41, 5.74) is 4.75. The summed E-state index contributed by atoms with van der Waals surface area (Å²) in [6.07, 6.45) is 1.61. The van der Waals surface area contributed by atoms with Crippen LogP contribution in [0.1, 0.15) is 32.7 Å². The summed E-state index contributed by atoms with van der Waals surface area (Å²) in [5.74, 6) is -0.695. The Kier molecular flexibility index (Phi) is 6.55. The molecule has 0 fully saturated rings. The fourth-order valence-electron chi connectivity index (χ4n) is 4.41. The first kappa shape index (κ1) is 25.0. The molecule has 0 radical (unpaired) electrons. The van der Waals surface area contributed by atoms with Crippen molar-refractivity contribution >= 4 is 16.8 Å². The molecule has 3 aromatic carbocycles. The standard InChI is InChI=1S/C30H27FN4O3/c1-18-14-23-26(15-19(18)2)32-13-12-27(23)38-28-11-10-21(16-25(28)31)29(36)33-17-24-20(3)34(4)35(30(24)37)22-8-6-5-7-9-22/h5-16H,17H2,1-4H3,(H,33,36). The van der Waals surface area contributed by atoms with E-state index in [1.807, 2.05) is 63.2 Å². The minimum atomic E-state index is -0.672. The van der Waals surface area contributed by atoms with Gasteiger partial charge in [0.2, 0.25) is 0 Å². The number of hydrogen-bond acceptors (Lipinski definition) is 4. The third-order valence-electron chi connectivity index (χ3n) is 6.83. The molecule has 0 aliphatic heterocycles. The highest BCUT2D eigenvalue weighted by Gasteiger charge is 2.18. The van der Waals surface area contributed by atoms with Crippen LogP contribution in [0.25, 0.3) is 16.6 Å². The van der Waals surface area contributed by atoms with Gasteiger partial charge in [-0.1, -0.05) is 18.2 Å². The van der Waals surface area contributed by atoms with Crippen LogP contribution in [0.5, 0.6) is 11.5 Å². The van der Waals surface area contributed by atoms with Gasteiger partial charge in [0.05, 0.1) is 23.3 Å². The average Bonchev–Trinajstić information content (AvgIpc) is 3.12. The van der Waals surface area contributed by atoms with Crippen molar-refractivity contribution < 1.29 is 13.9 Å². The van der Waals surface area contributed by atoms with Gasteiger partial charge in [0.15, 0.2) is 11.6 Å². The molecule has 0 bridgehead atoms. The Labute approximate surface area is 219 Å². The number of nitrogens with one attached hydrogen (secondary N) is 1. The number of ether oxygens (including phenoxy) is 1. The normalized spacial score (nSPS) is 11.1. The van der Waals surface area contributed by atoms with Crippen molar-refractivity contribution in [2.24, 2.45) is 7.05 Å². The molecule has 2 heterocycles. The number of aromatic nitrogens is 3. The Hall–Kier alpha value is -4.72. The molecule has 0 saturated carbocycles. The van der Waals surface area contributed by atoms with Crippen molar-refractivity contribution in [3.8, 4) is 17.2 Å². The molecule has 2 aromatic heterocycles. The molecule has 0 atom stereocenters. The first-order chi connectivity index (χ1) is 18.2. The van der Waals surface area contributed by atoms with E-state index in [1.54, 1.807) is 28.7 Å². The Morgan fingerprint density at radius 2 is 1.71 bits per heavy atom. The first-order valence-corrected chi connectivity index (χ1v) is 12.2. The Morgan fingerprint density at radius 1 is 0.974 bits per heavy atom. The number of carbonyl (C=O) groups is 1. The summed E-state index contributed by atoms with van der Waals surface area (Å²) in [5, 5.41) is 3.51. The van der Waals surface area contributed by atoms with E-state index < -0.39 is 11.7 Å². The highest BCUT2D eigenvalue weighted by molar-refractivity contribution is 5.94. The van der Waals surface area contributed by atoms with Gasteiger partial charge in [0.25, 0.3) is 11.5 Å². The van der Waals surface area contributed by atoms with Gasteiger partial charge in [-0.25, -0.2) is 9.07 Å². The largest absolute Gasteiger partial charge is 0.454 e. The predicted molar refractivity (Wildman–Crippen MR) is 145 cm³/mol. The van der Waals surface area contributed by atoms with E-state index >= 15 is 0 Å². The summed E-state index contributed by atoms with van der Waals surface area (Å²) < 4.78 is 24.2. The van der Waals surface area contributed by atoms with Gasteiger partial charge in [0, 0.05) is 29.9 Å². The number of fused-ring (bicyclic) bond motifs is 1. The van der Waals surface area contributed by atoms with E-state index in [0.717, 1.165) is 39.5 Å². The SMILES string of the molecule is Cc1cc2nccc(Oc3ccc(C(=O)NCc4c(C)n(C)n(-c5ccccc5)c4=O)cc3F)c2cc1C. The van der Waals surface area contributed by atoms with Gasteiger partial charge in [-0.15, -0.1) is 0 Å². The van der Waals surface area contributed by atoms with Crippen molar-refractivity contribution in [3.63, 3.8) is 0 Å². The molecule has 38 heavy (non-hydrogen) atoms. The molecule has 1 N–H and O–H groups in total. The van der Waals surface area contributed by atoms with E-state index in [0.29, 0.717) is 11.3 Å². The molecule has 7 nitrogen and oxygen atoms in total. The number of pyridine rings is 1. The van der Waals surface area contributed by atoms with Gasteiger partial charge >= 0.3 is 0 Å². The van der Waals surface area contributed by atoms with Crippen molar-refractivity contribution in [1.82, 2.24) is 19.7 Å². The maximum absolute atomic E-state index is 15.0. The summed E-state index contributed by atoms with van der Waals surface area (Å²) >= 11 is 0. The minimum Gasteiger partial charge on any atom is -0.454 e. The lowest BCUT2D eigenvalue weighted by Crippen LogP contribution is -2.27. The molecule has 1 amide bonds. The van der Waals surface area contributed by atoms with Gasteiger partial charge in [-0.3, -0.25) is 19.3 Å². The second-order valence-electron chi connectivity index (χ2n) is 9.23. The third kappa shape index (κ3) is 4.56. The second-order valence-corrected chi connectivity index (χ2v) is 9.23. The molecule has 5 aromatic rings. The Morgan fingerprint density at radius 3 is 2.45 bits per heavy atom. The summed E-state index contributed by atoms with van der Waals surface area (Å²) in [7, 11) is 1.79. The van der Waals surface area contributed by atoms with Gasteiger partial charge in [0.1, 0.15) is 5.75 Å². The topological polar surface area (TPSA) is 78.2 Å². The molecule has 0 aliphatic rings. The molecular formula is C30H27FN4O3. The fourth-order valence-corrected chi connectivity index (χ4v) is 4.41. The number of aryl methyl sites for hydroxylation is 2. The zero-order valence-corrected chi connectivity index (χ0v) is 21.6.